The van der Waals surface area contributed by atoms with Gasteiger partial charge in [0.05, 0.1) is 11.0 Å². The Hall–Kier alpha value is -5.16. The van der Waals surface area contributed by atoms with Crippen molar-refractivity contribution in [3.63, 3.8) is 0 Å². The van der Waals surface area contributed by atoms with Crippen LogP contribution in [-0.4, -0.2) is 19.6 Å². The molecule has 242 valence electrons. The molecule has 7 rings (SSSR count). The molecule has 0 amide bonds. The molecule has 0 aliphatic rings. The number of aromatic hydroxyl groups is 1. The molecule has 0 bridgehead atoms. The highest BCUT2D eigenvalue weighted by atomic mass is 16.5. The van der Waals surface area contributed by atoms with Crippen LogP contribution in [0.5, 0.6) is 17.4 Å². The molecular formula is C43H43N3O2. The second-order valence-electron chi connectivity index (χ2n) is 15.2. The summed E-state index contributed by atoms with van der Waals surface area (Å²) < 4.78 is 8.84. The Bertz CT molecular complexity index is 2360. The molecule has 0 saturated heterocycles. The van der Waals surface area contributed by atoms with Crippen LogP contribution in [0.15, 0.2) is 91.1 Å². The molecule has 3 heterocycles. The fraction of sp³-hybridized carbons (Fsp3) is 0.256. The molecule has 0 saturated carbocycles. The number of rotatable bonds is 4. The van der Waals surface area contributed by atoms with Crippen molar-refractivity contribution in [2.24, 2.45) is 0 Å². The van der Waals surface area contributed by atoms with Crippen LogP contribution in [0.4, 0.5) is 0 Å². The summed E-state index contributed by atoms with van der Waals surface area (Å²) in [5.74, 6) is 2.06. The second-order valence-corrected chi connectivity index (χ2v) is 15.2. The molecule has 0 fully saturated rings. The maximum absolute atomic E-state index is 10.9. The van der Waals surface area contributed by atoms with Gasteiger partial charge in [-0.1, -0.05) is 77.4 Å². The average Bonchev–Trinajstić information content (AvgIpc) is 3.33. The van der Waals surface area contributed by atoms with E-state index in [2.05, 4.69) is 121 Å². The standard InChI is InChI=1S/C43H43N3O2/c1-25-19-26(2)40(27(3)20-25)34-24-39(45-41-32(34)11-10-12-37(41)47)48-30-14-15-31-33-21-28(42(4,5)6)13-16-35(33)46(36(31)23-30)38-22-29(17-18-44-38)43(7,8)9/h10-24,47H,1-9H3. The first-order valence-corrected chi connectivity index (χ1v) is 16.6. The zero-order valence-electron chi connectivity index (χ0n) is 29.4. The topological polar surface area (TPSA) is 60.2 Å². The molecular weight excluding hydrogens is 590 g/mol. The van der Waals surface area contributed by atoms with E-state index >= 15 is 0 Å². The minimum absolute atomic E-state index is 0.00917. The van der Waals surface area contributed by atoms with Gasteiger partial charge in [-0.05, 0) is 107 Å². The van der Waals surface area contributed by atoms with E-state index in [0.29, 0.717) is 17.1 Å². The van der Waals surface area contributed by atoms with E-state index in [9.17, 15) is 5.11 Å². The van der Waals surface area contributed by atoms with Crippen molar-refractivity contribution < 1.29 is 9.84 Å². The molecule has 0 aliphatic heterocycles. The third-order valence-electron chi connectivity index (χ3n) is 9.41. The number of hydrogen-bond acceptors (Lipinski definition) is 4. The molecule has 0 radical (unpaired) electrons. The molecule has 4 aromatic carbocycles. The van der Waals surface area contributed by atoms with Crippen LogP contribution in [0.2, 0.25) is 0 Å². The lowest BCUT2D eigenvalue weighted by atomic mass is 9.86. The number of fused-ring (bicyclic) bond motifs is 4. The highest BCUT2D eigenvalue weighted by molar-refractivity contribution is 6.10. The predicted octanol–water partition coefficient (Wildman–Crippen LogP) is 11.4. The Kier molecular flexibility index (Phi) is 7.35. The summed E-state index contributed by atoms with van der Waals surface area (Å²) in [7, 11) is 0. The number of aromatic nitrogens is 3. The lowest BCUT2D eigenvalue weighted by molar-refractivity contribution is 0.460. The predicted molar refractivity (Wildman–Crippen MR) is 199 cm³/mol. The van der Waals surface area contributed by atoms with Gasteiger partial charge >= 0.3 is 0 Å². The third kappa shape index (κ3) is 5.47. The van der Waals surface area contributed by atoms with Crippen LogP contribution in [0.1, 0.15) is 69.4 Å². The normalized spacial score (nSPS) is 12.4. The van der Waals surface area contributed by atoms with Crippen molar-refractivity contribution >= 4 is 32.7 Å². The summed E-state index contributed by atoms with van der Waals surface area (Å²) in [6, 6.07) is 29.2. The molecule has 0 unspecified atom stereocenters. The van der Waals surface area contributed by atoms with Crippen molar-refractivity contribution in [2.45, 2.75) is 73.1 Å². The van der Waals surface area contributed by atoms with E-state index in [1.165, 1.54) is 33.2 Å². The number of benzene rings is 4. The molecule has 0 atom stereocenters. The zero-order valence-corrected chi connectivity index (χ0v) is 29.4. The minimum Gasteiger partial charge on any atom is -0.506 e. The van der Waals surface area contributed by atoms with Crippen molar-refractivity contribution in [2.75, 3.05) is 0 Å². The van der Waals surface area contributed by atoms with Gasteiger partial charge in [-0.3, -0.25) is 4.57 Å². The molecule has 5 heteroatoms. The molecule has 0 aliphatic carbocycles. The number of nitrogens with zero attached hydrogens (tertiary/aromatic N) is 3. The number of ether oxygens (including phenoxy) is 1. The van der Waals surface area contributed by atoms with Gasteiger partial charge in [0, 0.05) is 34.5 Å². The summed E-state index contributed by atoms with van der Waals surface area (Å²) in [5, 5.41) is 14.1. The van der Waals surface area contributed by atoms with Gasteiger partial charge in [-0.2, -0.15) is 0 Å². The fourth-order valence-electron chi connectivity index (χ4n) is 6.98. The van der Waals surface area contributed by atoms with Gasteiger partial charge in [-0.25, -0.2) is 9.97 Å². The first kappa shape index (κ1) is 31.4. The second kappa shape index (κ2) is 11.2. The largest absolute Gasteiger partial charge is 0.506 e. The van der Waals surface area contributed by atoms with E-state index in [1.807, 2.05) is 30.5 Å². The number of hydrogen-bond donors (Lipinski definition) is 1. The third-order valence-corrected chi connectivity index (χ3v) is 9.41. The van der Waals surface area contributed by atoms with Crippen LogP contribution in [0, 0.1) is 20.8 Å². The number of phenolic OH excluding ortho intramolecular Hbond substituents is 1. The molecule has 0 spiro atoms. The zero-order chi connectivity index (χ0) is 34.1. The SMILES string of the molecule is Cc1cc(C)c(-c2cc(Oc3ccc4c5cc(C(C)(C)C)ccc5n(-c5cc(C(C)(C)C)ccn5)c4c3)nc3c(O)cccc23)c(C)c1. The van der Waals surface area contributed by atoms with Gasteiger partial charge in [0.1, 0.15) is 22.8 Å². The lowest BCUT2D eigenvalue weighted by Gasteiger charge is -2.20. The number of para-hydroxylation sites is 1. The van der Waals surface area contributed by atoms with Gasteiger partial charge in [0.15, 0.2) is 0 Å². The molecule has 1 N–H and O–H groups in total. The highest BCUT2D eigenvalue weighted by Crippen LogP contribution is 2.41. The summed E-state index contributed by atoms with van der Waals surface area (Å²) >= 11 is 0. The van der Waals surface area contributed by atoms with Crippen molar-refractivity contribution in [1.29, 1.82) is 0 Å². The van der Waals surface area contributed by atoms with E-state index in [0.717, 1.165) is 38.8 Å². The Balaban J connectivity index is 1.44. The fourth-order valence-corrected chi connectivity index (χ4v) is 6.98. The maximum atomic E-state index is 10.9. The van der Waals surface area contributed by atoms with E-state index in [-0.39, 0.29) is 16.6 Å². The van der Waals surface area contributed by atoms with Crippen molar-refractivity contribution in [1.82, 2.24) is 14.5 Å². The number of pyridine rings is 2. The molecule has 7 aromatic rings. The highest BCUT2D eigenvalue weighted by Gasteiger charge is 2.22. The first-order valence-electron chi connectivity index (χ1n) is 16.6. The molecule has 3 aromatic heterocycles. The van der Waals surface area contributed by atoms with Crippen LogP contribution in [0.25, 0.3) is 49.7 Å². The summed E-state index contributed by atoms with van der Waals surface area (Å²) in [4.78, 5) is 9.70. The monoisotopic (exact) mass is 633 g/mol. The summed E-state index contributed by atoms with van der Waals surface area (Å²) in [6.45, 7) is 19.8. The summed E-state index contributed by atoms with van der Waals surface area (Å²) in [6.07, 6.45) is 1.90. The van der Waals surface area contributed by atoms with Crippen LogP contribution >= 0.6 is 0 Å². The quantitative estimate of drug-likeness (QED) is 0.209. The first-order chi connectivity index (χ1) is 22.7. The Morgan fingerprint density at radius 1 is 0.667 bits per heavy atom. The van der Waals surface area contributed by atoms with Gasteiger partial charge < -0.3 is 9.84 Å². The molecule has 5 nitrogen and oxygen atoms in total. The Labute approximate surface area is 282 Å². The van der Waals surface area contributed by atoms with Crippen LogP contribution in [0.3, 0.4) is 0 Å². The van der Waals surface area contributed by atoms with E-state index in [1.54, 1.807) is 6.07 Å². The molecule has 48 heavy (non-hydrogen) atoms. The lowest BCUT2D eigenvalue weighted by Crippen LogP contribution is -2.12. The van der Waals surface area contributed by atoms with Crippen molar-refractivity contribution in [3.05, 3.63) is 119 Å². The average molecular weight is 634 g/mol. The maximum Gasteiger partial charge on any atom is 0.220 e. The van der Waals surface area contributed by atoms with Gasteiger partial charge in [0.2, 0.25) is 5.88 Å². The van der Waals surface area contributed by atoms with Crippen LogP contribution < -0.4 is 4.74 Å². The van der Waals surface area contributed by atoms with Crippen LogP contribution in [-0.2, 0) is 10.8 Å². The number of aryl methyl sites for hydroxylation is 3. The smallest absolute Gasteiger partial charge is 0.220 e. The summed E-state index contributed by atoms with van der Waals surface area (Å²) in [5.41, 5.74) is 10.7. The minimum atomic E-state index is -0.0245. The van der Waals surface area contributed by atoms with Crippen molar-refractivity contribution in [3.8, 4) is 34.3 Å². The van der Waals surface area contributed by atoms with Gasteiger partial charge in [0.25, 0.3) is 0 Å². The van der Waals surface area contributed by atoms with E-state index in [4.69, 9.17) is 14.7 Å². The van der Waals surface area contributed by atoms with Gasteiger partial charge in [-0.15, -0.1) is 0 Å². The Morgan fingerprint density at radius 3 is 2.08 bits per heavy atom. The van der Waals surface area contributed by atoms with E-state index < -0.39 is 0 Å². The Morgan fingerprint density at radius 2 is 1.38 bits per heavy atom. The number of phenols is 1.